The maximum absolute atomic E-state index is 12.1. The molecule has 2 N–H and O–H groups in total. The number of nitrogens with zero attached hydrogens (tertiary/aromatic N) is 5. The summed E-state index contributed by atoms with van der Waals surface area (Å²) in [7, 11) is 0.140. The van der Waals surface area contributed by atoms with E-state index in [-0.39, 0.29) is 11.6 Å². The summed E-state index contributed by atoms with van der Waals surface area (Å²) in [5.41, 5.74) is 4.80. The van der Waals surface area contributed by atoms with Crippen LogP contribution >= 0.6 is 0 Å². The molecule has 37 heavy (non-hydrogen) atoms. The number of benzene rings is 1. The zero-order valence-corrected chi connectivity index (χ0v) is 22.0. The number of methoxy groups -OCH3 is 1. The Hall–Kier alpha value is -3.93. The number of sulfone groups is 1. The molecule has 4 heterocycles. The fourth-order valence-electron chi connectivity index (χ4n) is 4.80. The van der Waals surface area contributed by atoms with Gasteiger partial charge in [0.1, 0.15) is 40.4 Å². The zero-order chi connectivity index (χ0) is 26.1. The van der Waals surface area contributed by atoms with Crippen molar-refractivity contribution in [1.29, 1.82) is 0 Å². The molecule has 0 atom stereocenters. The maximum Gasteiger partial charge on any atom is 0.154 e. The summed E-state index contributed by atoms with van der Waals surface area (Å²) in [6.07, 6.45) is 3.45. The standard InChI is InChI=1S/C25H27N7O4S/c1-12-22(13(2)36-31-12)16-8-18-15(9-19(16)35-4)23-24(26-18)27-20(11-37(5,33)34)28-25(23)29-21-10-17(14-6-7-14)30-32(21)3/h8-10,14H,6-7,11H2,1-5H3,(H2,26,27,28,29). The first kappa shape index (κ1) is 23.5. The van der Waals surface area contributed by atoms with E-state index in [1.54, 1.807) is 11.8 Å². The molecule has 4 aromatic heterocycles. The van der Waals surface area contributed by atoms with Gasteiger partial charge in [0.15, 0.2) is 9.84 Å². The number of anilines is 2. The molecule has 6 rings (SSSR count). The van der Waals surface area contributed by atoms with E-state index in [0.717, 1.165) is 57.5 Å². The Bertz CT molecular complexity index is 1780. The van der Waals surface area contributed by atoms with E-state index < -0.39 is 9.84 Å². The van der Waals surface area contributed by atoms with Crippen molar-refractivity contribution in [2.45, 2.75) is 38.4 Å². The van der Waals surface area contributed by atoms with Crippen molar-refractivity contribution < 1.29 is 17.7 Å². The summed E-state index contributed by atoms with van der Waals surface area (Å²) >= 11 is 0. The second-order valence-electron chi connectivity index (χ2n) is 9.68. The third kappa shape index (κ3) is 4.20. The summed E-state index contributed by atoms with van der Waals surface area (Å²) in [4.78, 5) is 12.6. The monoisotopic (exact) mass is 521 g/mol. The first-order valence-corrected chi connectivity index (χ1v) is 14.0. The van der Waals surface area contributed by atoms with Crippen LogP contribution in [-0.2, 0) is 22.6 Å². The van der Waals surface area contributed by atoms with Gasteiger partial charge in [-0.3, -0.25) is 4.68 Å². The molecule has 192 valence electrons. The molecule has 0 unspecified atom stereocenters. The van der Waals surface area contributed by atoms with Crippen LogP contribution < -0.4 is 10.1 Å². The number of fused-ring (bicyclic) bond motifs is 3. The summed E-state index contributed by atoms with van der Waals surface area (Å²) < 4.78 is 37.1. The van der Waals surface area contributed by atoms with Gasteiger partial charge in [0.05, 0.1) is 29.4 Å². The first-order valence-electron chi connectivity index (χ1n) is 11.9. The van der Waals surface area contributed by atoms with Crippen molar-refractivity contribution in [2.75, 3.05) is 18.7 Å². The van der Waals surface area contributed by atoms with Gasteiger partial charge in [-0.05, 0) is 38.8 Å². The smallest absolute Gasteiger partial charge is 0.154 e. The molecule has 1 aromatic carbocycles. The quantitative estimate of drug-likeness (QED) is 0.321. The number of ether oxygens (including phenoxy) is 1. The molecule has 0 bridgehead atoms. The Morgan fingerprint density at radius 1 is 1.22 bits per heavy atom. The van der Waals surface area contributed by atoms with Crippen LogP contribution in [0.2, 0.25) is 0 Å². The Morgan fingerprint density at radius 3 is 2.65 bits per heavy atom. The van der Waals surface area contributed by atoms with Crippen molar-refractivity contribution in [1.82, 2.24) is 29.9 Å². The SMILES string of the molecule is COc1cc2c(cc1-c1c(C)noc1C)[nH]c1nc(CS(C)(=O)=O)nc(Nc3cc(C4CC4)nn3C)c12. The minimum Gasteiger partial charge on any atom is -0.496 e. The van der Waals surface area contributed by atoms with E-state index in [4.69, 9.17) is 9.26 Å². The average Bonchev–Trinajstić information content (AvgIpc) is 3.41. The molecule has 1 fully saturated rings. The lowest BCUT2D eigenvalue weighted by molar-refractivity contribution is 0.393. The molecule has 0 spiro atoms. The highest BCUT2D eigenvalue weighted by atomic mass is 32.2. The van der Waals surface area contributed by atoms with Gasteiger partial charge in [-0.1, -0.05) is 5.16 Å². The van der Waals surface area contributed by atoms with Crippen molar-refractivity contribution in [3.05, 3.63) is 41.2 Å². The summed E-state index contributed by atoms with van der Waals surface area (Å²) in [5, 5.41) is 13.7. The fourth-order valence-corrected chi connectivity index (χ4v) is 5.40. The summed E-state index contributed by atoms with van der Waals surface area (Å²) in [5.74, 6) is 3.00. The van der Waals surface area contributed by atoms with Crippen LogP contribution in [0.15, 0.2) is 22.7 Å². The number of aromatic nitrogens is 6. The second-order valence-corrected chi connectivity index (χ2v) is 11.8. The number of aryl methyl sites for hydroxylation is 3. The van der Waals surface area contributed by atoms with Crippen LogP contribution in [0, 0.1) is 13.8 Å². The topological polar surface area (TPSA) is 141 Å². The number of nitrogens with one attached hydrogen (secondary N) is 2. The van der Waals surface area contributed by atoms with E-state index in [2.05, 4.69) is 30.5 Å². The predicted molar refractivity (Wildman–Crippen MR) is 140 cm³/mol. The molecule has 1 aliphatic rings. The van der Waals surface area contributed by atoms with Gasteiger partial charge in [-0.15, -0.1) is 0 Å². The number of rotatable bonds is 7. The third-order valence-electron chi connectivity index (χ3n) is 6.65. The van der Waals surface area contributed by atoms with Gasteiger partial charge in [-0.25, -0.2) is 18.4 Å². The third-order valence-corrected chi connectivity index (χ3v) is 7.43. The molecular weight excluding hydrogens is 494 g/mol. The molecule has 0 saturated heterocycles. The lowest BCUT2D eigenvalue weighted by Gasteiger charge is -2.11. The number of H-pyrrole nitrogens is 1. The Labute approximate surface area is 213 Å². The van der Waals surface area contributed by atoms with Crippen molar-refractivity contribution in [2.24, 2.45) is 7.05 Å². The molecule has 12 heteroatoms. The Balaban J connectivity index is 1.57. The zero-order valence-electron chi connectivity index (χ0n) is 21.2. The average molecular weight is 522 g/mol. The summed E-state index contributed by atoms with van der Waals surface area (Å²) in [6.45, 7) is 3.74. The Kier molecular flexibility index (Phi) is 5.26. The molecule has 0 aliphatic heterocycles. The number of hydrogen-bond donors (Lipinski definition) is 2. The minimum atomic E-state index is -3.35. The number of aromatic amines is 1. The van der Waals surface area contributed by atoms with Crippen molar-refractivity contribution in [3.63, 3.8) is 0 Å². The van der Waals surface area contributed by atoms with Gasteiger partial charge in [0, 0.05) is 41.8 Å². The van der Waals surface area contributed by atoms with E-state index in [1.165, 1.54) is 6.26 Å². The normalized spacial score (nSPS) is 14.1. The summed E-state index contributed by atoms with van der Waals surface area (Å²) in [6, 6.07) is 5.92. The molecule has 1 aliphatic carbocycles. The van der Waals surface area contributed by atoms with E-state index in [0.29, 0.717) is 28.9 Å². The van der Waals surface area contributed by atoms with Crippen molar-refractivity contribution in [3.8, 4) is 16.9 Å². The fraction of sp³-hybridized carbons (Fsp3) is 0.360. The lowest BCUT2D eigenvalue weighted by Crippen LogP contribution is -2.08. The number of hydrogen-bond acceptors (Lipinski definition) is 9. The van der Waals surface area contributed by atoms with E-state index in [1.807, 2.05) is 39.1 Å². The molecule has 11 nitrogen and oxygen atoms in total. The van der Waals surface area contributed by atoms with Gasteiger partial charge < -0.3 is 19.6 Å². The largest absolute Gasteiger partial charge is 0.496 e. The van der Waals surface area contributed by atoms with Crippen LogP contribution in [0.25, 0.3) is 33.1 Å². The van der Waals surface area contributed by atoms with Crippen LogP contribution in [0.4, 0.5) is 11.6 Å². The van der Waals surface area contributed by atoms with E-state index in [9.17, 15) is 8.42 Å². The van der Waals surface area contributed by atoms with Gasteiger partial charge in [-0.2, -0.15) is 5.10 Å². The molecule has 0 amide bonds. The molecule has 0 radical (unpaired) electrons. The highest BCUT2D eigenvalue weighted by Crippen LogP contribution is 2.42. The van der Waals surface area contributed by atoms with Crippen LogP contribution in [0.5, 0.6) is 5.75 Å². The minimum absolute atomic E-state index is 0.201. The van der Waals surface area contributed by atoms with E-state index >= 15 is 0 Å². The molecular formula is C25H27N7O4S. The highest BCUT2D eigenvalue weighted by Gasteiger charge is 2.27. The van der Waals surface area contributed by atoms with Crippen molar-refractivity contribution >= 4 is 43.4 Å². The van der Waals surface area contributed by atoms with Gasteiger partial charge >= 0.3 is 0 Å². The van der Waals surface area contributed by atoms with Crippen LogP contribution in [-0.4, -0.2) is 51.7 Å². The van der Waals surface area contributed by atoms with Gasteiger partial charge in [0.2, 0.25) is 0 Å². The maximum atomic E-state index is 12.1. The second kappa shape index (κ2) is 8.30. The predicted octanol–water partition coefficient (Wildman–Crippen LogP) is 4.29. The van der Waals surface area contributed by atoms with Crippen LogP contribution in [0.3, 0.4) is 0 Å². The lowest BCUT2D eigenvalue weighted by atomic mass is 10.0. The van der Waals surface area contributed by atoms with Gasteiger partial charge in [0.25, 0.3) is 0 Å². The first-order chi connectivity index (χ1) is 17.6. The highest BCUT2D eigenvalue weighted by molar-refractivity contribution is 7.89. The molecule has 1 saturated carbocycles. The molecule has 5 aromatic rings. The van der Waals surface area contributed by atoms with Crippen LogP contribution in [0.1, 0.15) is 41.7 Å². The Morgan fingerprint density at radius 2 is 2.00 bits per heavy atom.